The number of ether oxygens (including phenoxy) is 1. The van der Waals surface area contributed by atoms with Crippen molar-refractivity contribution in [2.75, 3.05) is 17.2 Å². The number of hydrogen-bond donors (Lipinski definition) is 2. The van der Waals surface area contributed by atoms with E-state index in [0.717, 1.165) is 37.7 Å². The minimum Gasteiger partial charge on any atom is -0.444 e. The Morgan fingerprint density at radius 3 is 2.45 bits per heavy atom. The molecule has 0 radical (unpaired) electrons. The van der Waals surface area contributed by atoms with Gasteiger partial charge < -0.3 is 15.0 Å². The maximum atomic E-state index is 13.9. The summed E-state index contributed by atoms with van der Waals surface area (Å²) in [5.74, 6) is -0.448. The van der Waals surface area contributed by atoms with E-state index in [9.17, 15) is 14.4 Å². The summed E-state index contributed by atoms with van der Waals surface area (Å²) in [6.45, 7) is 12.2. The van der Waals surface area contributed by atoms with Crippen molar-refractivity contribution in [2.24, 2.45) is 11.3 Å². The van der Waals surface area contributed by atoms with Crippen molar-refractivity contribution >= 4 is 29.4 Å². The second kappa shape index (κ2) is 10.4. The molecule has 1 unspecified atom stereocenters. The Hall–Kier alpha value is -3.42. The molecule has 2 fully saturated rings. The summed E-state index contributed by atoms with van der Waals surface area (Å²) in [5.41, 5.74) is 0.933. The molecule has 2 bridgehead atoms. The highest BCUT2D eigenvalue weighted by atomic mass is 16.6. The molecular formula is C30H40N4O4. The number of aryl methyl sites for hydroxylation is 1. The number of rotatable bonds is 3. The highest BCUT2D eigenvalue weighted by Gasteiger charge is 2.51. The Morgan fingerprint density at radius 2 is 1.79 bits per heavy atom. The predicted molar refractivity (Wildman–Crippen MR) is 148 cm³/mol. The number of hydrogen-bond acceptors (Lipinski definition) is 5. The average molecular weight is 521 g/mol. The van der Waals surface area contributed by atoms with Gasteiger partial charge in [-0.05, 0) is 81.9 Å². The first-order valence-electron chi connectivity index (χ1n) is 13.5. The molecule has 3 amide bonds. The summed E-state index contributed by atoms with van der Waals surface area (Å²) >= 11 is 0. The van der Waals surface area contributed by atoms with Crippen molar-refractivity contribution in [3.05, 3.63) is 53.7 Å². The number of aromatic nitrogens is 1. The van der Waals surface area contributed by atoms with Gasteiger partial charge in [-0.3, -0.25) is 14.9 Å². The topological polar surface area (TPSA) is 101 Å². The van der Waals surface area contributed by atoms with Crippen molar-refractivity contribution in [1.29, 1.82) is 0 Å². The van der Waals surface area contributed by atoms with Crippen LogP contribution in [0.2, 0.25) is 0 Å². The van der Waals surface area contributed by atoms with Crippen LogP contribution in [0.3, 0.4) is 0 Å². The number of pyridine rings is 1. The van der Waals surface area contributed by atoms with E-state index < -0.39 is 29.0 Å². The summed E-state index contributed by atoms with van der Waals surface area (Å²) in [7, 11) is 0. The van der Waals surface area contributed by atoms with Crippen molar-refractivity contribution in [2.45, 2.75) is 84.8 Å². The second-order valence-electron chi connectivity index (χ2n) is 12.4. The number of carbonyl (C=O) groups excluding carboxylic acids is 3. The molecule has 1 aromatic carbocycles. The standard InChI is InChI=1S/C30H40N4O4/c1-20-16-29(6)13-10-14-30(17-20,22-11-8-7-9-12-22)34(19-29)26(36)25(35)32-23-15-21(2)24(31-18-23)33-27(37)38-28(3,4)5/h7-9,11-12,15,18,20H,10,13-14,16-17,19H2,1-6H3,(H,32,35)(H,31,33,37)/t20-,29-,30?/m0/s1. The average Bonchev–Trinajstić information content (AvgIpc) is 3.03. The first kappa shape index (κ1) is 27.6. The van der Waals surface area contributed by atoms with E-state index in [-0.39, 0.29) is 5.41 Å². The summed E-state index contributed by atoms with van der Waals surface area (Å²) < 4.78 is 5.29. The zero-order valence-corrected chi connectivity index (χ0v) is 23.4. The molecule has 4 rings (SSSR count). The van der Waals surface area contributed by atoms with Gasteiger partial charge in [0.15, 0.2) is 0 Å². The molecule has 0 aliphatic carbocycles. The third-order valence-corrected chi connectivity index (χ3v) is 7.66. The molecule has 38 heavy (non-hydrogen) atoms. The van der Waals surface area contributed by atoms with Crippen molar-refractivity contribution in [1.82, 2.24) is 9.88 Å². The highest BCUT2D eigenvalue weighted by Crippen LogP contribution is 2.52. The highest BCUT2D eigenvalue weighted by molar-refractivity contribution is 6.39. The van der Waals surface area contributed by atoms with Crippen LogP contribution in [-0.2, 0) is 19.9 Å². The zero-order chi connectivity index (χ0) is 27.7. The van der Waals surface area contributed by atoms with Gasteiger partial charge in [0.2, 0.25) is 0 Å². The Bertz CT molecular complexity index is 1210. The fraction of sp³-hybridized carbons (Fsp3) is 0.533. The van der Waals surface area contributed by atoms with Crippen LogP contribution in [0.4, 0.5) is 16.3 Å². The number of amides is 3. The van der Waals surface area contributed by atoms with Gasteiger partial charge >= 0.3 is 17.9 Å². The Kier molecular flexibility index (Phi) is 7.55. The lowest BCUT2D eigenvalue weighted by Gasteiger charge is -2.44. The number of nitrogens with zero attached hydrogens (tertiary/aromatic N) is 2. The number of nitrogens with one attached hydrogen (secondary N) is 2. The largest absolute Gasteiger partial charge is 0.444 e. The molecule has 0 spiro atoms. The fourth-order valence-electron chi connectivity index (χ4n) is 6.34. The third kappa shape index (κ3) is 6.00. The van der Waals surface area contributed by atoms with Crippen LogP contribution >= 0.6 is 0 Å². The Balaban J connectivity index is 1.57. The normalized spacial score (nSPS) is 25.2. The number of fused-ring (bicyclic) bond motifs is 3. The van der Waals surface area contributed by atoms with E-state index in [4.69, 9.17) is 4.74 Å². The number of carbonyl (C=O) groups is 3. The maximum Gasteiger partial charge on any atom is 0.413 e. The number of anilines is 2. The molecule has 8 nitrogen and oxygen atoms in total. The minimum atomic E-state index is -0.682. The van der Waals surface area contributed by atoms with Gasteiger partial charge in [0, 0.05) is 6.54 Å². The molecule has 2 N–H and O–H groups in total. The van der Waals surface area contributed by atoms with E-state index >= 15 is 0 Å². The van der Waals surface area contributed by atoms with Crippen molar-refractivity contribution in [3.63, 3.8) is 0 Å². The quantitative estimate of drug-likeness (QED) is 0.482. The molecule has 1 aromatic heterocycles. The molecule has 2 aliphatic rings. The monoisotopic (exact) mass is 520 g/mol. The molecule has 2 saturated heterocycles. The molecule has 8 heteroatoms. The van der Waals surface area contributed by atoms with Crippen LogP contribution in [0.1, 0.15) is 77.8 Å². The third-order valence-electron chi connectivity index (χ3n) is 7.66. The van der Waals surface area contributed by atoms with Gasteiger partial charge in [-0.2, -0.15) is 0 Å². The predicted octanol–water partition coefficient (Wildman–Crippen LogP) is 6.02. The molecule has 3 heterocycles. The summed E-state index contributed by atoms with van der Waals surface area (Å²) in [4.78, 5) is 45.5. The van der Waals surface area contributed by atoms with Crippen LogP contribution in [0.15, 0.2) is 42.6 Å². The maximum absolute atomic E-state index is 13.9. The van der Waals surface area contributed by atoms with Crippen molar-refractivity contribution in [3.8, 4) is 0 Å². The van der Waals surface area contributed by atoms with Gasteiger partial charge in [-0.25, -0.2) is 9.78 Å². The fourth-order valence-corrected chi connectivity index (χ4v) is 6.34. The van der Waals surface area contributed by atoms with Gasteiger partial charge in [0.1, 0.15) is 11.4 Å². The lowest BCUT2D eigenvalue weighted by molar-refractivity contribution is -0.149. The van der Waals surface area contributed by atoms with E-state index in [1.165, 1.54) is 6.20 Å². The summed E-state index contributed by atoms with van der Waals surface area (Å²) in [6.07, 6.45) is 5.57. The second-order valence-corrected chi connectivity index (χ2v) is 12.4. The van der Waals surface area contributed by atoms with Crippen LogP contribution in [0, 0.1) is 18.3 Å². The van der Waals surface area contributed by atoms with E-state index in [1.807, 2.05) is 23.1 Å². The van der Waals surface area contributed by atoms with Gasteiger partial charge in [-0.15, -0.1) is 0 Å². The van der Waals surface area contributed by atoms with Crippen LogP contribution in [0.25, 0.3) is 0 Å². The van der Waals surface area contributed by atoms with Gasteiger partial charge in [0.25, 0.3) is 0 Å². The first-order valence-corrected chi connectivity index (χ1v) is 13.5. The van der Waals surface area contributed by atoms with Gasteiger partial charge in [0.05, 0.1) is 17.4 Å². The molecule has 0 saturated carbocycles. The lowest BCUT2D eigenvalue weighted by atomic mass is 9.71. The number of benzene rings is 1. The molecule has 204 valence electrons. The zero-order valence-electron chi connectivity index (χ0n) is 23.4. The summed E-state index contributed by atoms with van der Waals surface area (Å²) in [5, 5.41) is 5.38. The van der Waals surface area contributed by atoms with Crippen LogP contribution in [0.5, 0.6) is 0 Å². The Labute approximate surface area is 225 Å². The minimum absolute atomic E-state index is 0.0322. The summed E-state index contributed by atoms with van der Waals surface area (Å²) in [6, 6.07) is 11.9. The van der Waals surface area contributed by atoms with E-state index in [0.29, 0.717) is 29.5 Å². The lowest BCUT2D eigenvalue weighted by Crippen LogP contribution is -2.53. The van der Waals surface area contributed by atoms with Crippen LogP contribution in [-0.4, -0.2) is 39.9 Å². The molecule has 2 aliphatic heterocycles. The molecule has 2 aromatic rings. The molecular weight excluding hydrogens is 480 g/mol. The van der Waals surface area contributed by atoms with E-state index in [2.05, 4.69) is 41.6 Å². The first-order chi connectivity index (χ1) is 17.8. The Morgan fingerprint density at radius 1 is 1.08 bits per heavy atom. The van der Waals surface area contributed by atoms with E-state index in [1.54, 1.807) is 33.8 Å². The van der Waals surface area contributed by atoms with Gasteiger partial charge in [-0.1, -0.05) is 50.6 Å². The van der Waals surface area contributed by atoms with Crippen molar-refractivity contribution < 1.29 is 19.1 Å². The smallest absolute Gasteiger partial charge is 0.413 e. The molecule has 3 atom stereocenters. The van der Waals surface area contributed by atoms with Crippen LogP contribution < -0.4 is 10.6 Å². The SMILES string of the molecule is Cc1cc(NC(=O)C(=O)N2C[C@@]3(C)CCCC2(c2ccccc2)C[C@@H](C)C3)cnc1NC(=O)OC(C)(C)C.